The molecule has 0 amide bonds. The zero-order chi connectivity index (χ0) is 13.0. The van der Waals surface area contributed by atoms with Crippen LogP contribution in [0.3, 0.4) is 0 Å². The van der Waals surface area contributed by atoms with E-state index >= 15 is 0 Å². The van der Waals surface area contributed by atoms with Crippen molar-refractivity contribution in [2.24, 2.45) is 0 Å². The Morgan fingerprint density at radius 3 is 2.76 bits per heavy atom. The lowest BCUT2D eigenvalue weighted by molar-refractivity contribution is -0.384. The summed E-state index contributed by atoms with van der Waals surface area (Å²) in [6.07, 6.45) is 4.96. The predicted molar refractivity (Wildman–Crippen MR) is 59.4 cm³/mol. The molecule has 0 bridgehead atoms. The molecule has 1 aromatic rings. The van der Waals surface area contributed by atoms with Crippen LogP contribution in [0.15, 0.2) is 12.1 Å². The second-order valence-electron chi connectivity index (χ2n) is 2.86. The van der Waals surface area contributed by atoms with Crippen molar-refractivity contribution in [2.75, 3.05) is 6.61 Å². The topological polar surface area (TPSA) is 89.7 Å². The first-order chi connectivity index (χ1) is 7.97. The molecule has 6 nitrogen and oxygen atoms in total. The van der Waals surface area contributed by atoms with E-state index in [1.165, 1.54) is 0 Å². The third kappa shape index (κ3) is 2.86. The van der Waals surface area contributed by atoms with Gasteiger partial charge in [0, 0.05) is 12.1 Å². The summed E-state index contributed by atoms with van der Waals surface area (Å²) >= 11 is 5.70. The highest BCUT2D eigenvalue weighted by Gasteiger charge is 2.21. The van der Waals surface area contributed by atoms with Crippen molar-refractivity contribution >= 4 is 23.3 Å². The maximum absolute atomic E-state index is 10.9. The van der Waals surface area contributed by atoms with Crippen molar-refractivity contribution in [1.82, 2.24) is 0 Å². The lowest BCUT2D eigenvalue weighted by Gasteiger charge is -2.08. The van der Waals surface area contributed by atoms with Crippen LogP contribution in [-0.4, -0.2) is 22.6 Å². The largest absolute Gasteiger partial charge is 0.478 e. The van der Waals surface area contributed by atoms with E-state index in [1.54, 1.807) is 0 Å². The molecule has 0 aliphatic rings. The van der Waals surface area contributed by atoms with Crippen molar-refractivity contribution < 1.29 is 19.6 Å². The SMILES string of the molecule is C#CCOc1c(Cl)cc([N+](=O)[O-])cc1C(=O)O. The molecule has 88 valence electrons. The van der Waals surface area contributed by atoms with Crippen molar-refractivity contribution in [3.63, 3.8) is 0 Å². The van der Waals surface area contributed by atoms with Gasteiger partial charge in [-0.05, 0) is 0 Å². The molecule has 1 aromatic carbocycles. The van der Waals surface area contributed by atoms with Crippen LogP contribution >= 0.6 is 11.6 Å². The minimum atomic E-state index is -1.39. The molecule has 0 fully saturated rings. The molecule has 17 heavy (non-hydrogen) atoms. The van der Waals surface area contributed by atoms with E-state index in [-0.39, 0.29) is 17.4 Å². The monoisotopic (exact) mass is 255 g/mol. The third-order valence-corrected chi connectivity index (χ3v) is 2.05. The number of nitro groups is 1. The molecular formula is C10H6ClNO5. The van der Waals surface area contributed by atoms with Crippen LogP contribution in [0.4, 0.5) is 5.69 Å². The van der Waals surface area contributed by atoms with Gasteiger partial charge in [0.1, 0.15) is 12.2 Å². The second-order valence-corrected chi connectivity index (χ2v) is 3.27. The molecule has 7 heteroatoms. The number of nitro benzene ring substituents is 1. The summed E-state index contributed by atoms with van der Waals surface area (Å²) in [5, 5.41) is 19.2. The van der Waals surface area contributed by atoms with Crippen LogP contribution in [0.1, 0.15) is 10.4 Å². The van der Waals surface area contributed by atoms with E-state index in [9.17, 15) is 14.9 Å². The molecule has 1 N–H and O–H groups in total. The Labute approximate surface area is 101 Å². The molecule has 0 aliphatic heterocycles. The highest BCUT2D eigenvalue weighted by molar-refractivity contribution is 6.32. The fourth-order valence-electron chi connectivity index (χ4n) is 1.10. The number of halogens is 1. The molecule has 0 saturated heterocycles. The summed E-state index contributed by atoms with van der Waals surface area (Å²) in [6.45, 7) is -0.183. The maximum atomic E-state index is 10.9. The van der Waals surface area contributed by atoms with E-state index in [0.29, 0.717) is 0 Å². The number of ether oxygens (including phenoxy) is 1. The fraction of sp³-hybridized carbons (Fsp3) is 0.100. The number of terminal acetylenes is 1. The van der Waals surface area contributed by atoms with Crippen LogP contribution in [0.2, 0.25) is 5.02 Å². The van der Waals surface area contributed by atoms with Gasteiger partial charge in [-0.25, -0.2) is 4.79 Å². The average Bonchev–Trinajstić information content (AvgIpc) is 2.26. The van der Waals surface area contributed by atoms with E-state index in [0.717, 1.165) is 12.1 Å². The van der Waals surface area contributed by atoms with Crippen LogP contribution in [0.25, 0.3) is 0 Å². The molecule has 0 radical (unpaired) electrons. The first kappa shape index (κ1) is 12.8. The van der Waals surface area contributed by atoms with Crippen molar-refractivity contribution in [3.8, 4) is 18.1 Å². The van der Waals surface area contributed by atoms with Crippen LogP contribution < -0.4 is 4.74 Å². The number of aromatic carboxylic acids is 1. The summed E-state index contributed by atoms with van der Waals surface area (Å²) < 4.78 is 4.94. The van der Waals surface area contributed by atoms with E-state index in [2.05, 4.69) is 5.92 Å². The molecule has 0 spiro atoms. The summed E-state index contributed by atoms with van der Waals surface area (Å²) in [7, 11) is 0. The number of carbonyl (C=O) groups is 1. The van der Waals surface area contributed by atoms with Crippen LogP contribution in [-0.2, 0) is 0 Å². The molecule has 1 rings (SSSR count). The van der Waals surface area contributed by atoms with E-state index < -0.39 is 22.1 Å². The first-order valence-electron chi connectivity index (χ1n) is 4.25. The molecule has 0 unspecified atom stereocenters. The lowest BCUT2D eigenvalue weighted by atomic mass is 10.2. The number of hydrogen-bond acceptors (Lipinski definition) is 4. The van der Waals surface area contributed by atoms with Gasteiger partial charge in [0.2, 0.25) is 0 Å². The average molecular weight is 256 g/mol. The normalized spacial score (nSPS) is 9.41. The molecular weight excluding hydrogens is 250 g/mol. The van der Waals surface area contributed by atoms with Gasteiger partial charge in [0.25, 0.3) is 5.69 Å². The van der Waals surface area contributed by atoms with Gasteiger partial charge in [-0.1, -0.05) is 17.5 Å². The standard InChI is InChI=1S/C10H6ClNO5/c1-2-3-17-9-7(10(13)14)4-6(12(15)16)5-8(9)11/h1,4-5H,3H2,(H,13,14). The first-order valence-corrected chi connectivity index (χ1v) is 4.62. The zero-order valence-electron chi connectivity index (χ0n) is 8.34. The summed E-state index contributed by atoms with van der Waals surface area (Å²) in [5.41, 5.74) is -0.833. The predicted octanol–water partition coefficient (Wildman–Crippen LogP) is 1.96. The molecule has 0 saturated carbocycles. The number of carboxylic acid groups (broad SMARTS) is 1. The molecule has 0 aromatic heterocycles. The molecule has 0 atom stereocenters. The summed E-state index contributed by atoms with van der Waals surface area (Å²) in [5.74, 6) is 0.575. The number of nitrogens with zero attached hydrogens (tertiary/aromatic N) is 1. The Kier molecular flexibility index (Phi) is 3.91. The Morgan fingerprint density at radius 2 is 2.29 bits per heavy atom. The quantitative estimate of drug-likeness (QED) is 0.505. The second kappa shape index (κ2) is 5.18. The van der Waals surface area contributed by atoms with Gasteiger partial charge < -0.3 is 9.84 Å². The smallest absolute Gasteiger partial charge is 0.339 e. The minimum absolute atomic E-state index is 0.174. The van der Waals surface area contributed by atoms with Crippen molar-refractivity contribution in [2.45, 2.75) is 0 Å². The van der Waals surface area contributed by atoms with Crippen LogP contribution in [0.5, 0.6) is 5.75 Å². The van der Waals surface area contributed by atoms with Gasteiger partial charge in [0.05, 0.1) is 9.95 Å². The van der Waals surface area contributed by atoms with Gasteiger partial charge in [-0.15, -0.1) is 6.42 Å². The highest BCUT2D eigenvalue weighted by atomic mass is 35.5. The van der Waals surface area contributed by atoms with Gasteiger partial charge in [0.15, 0.2) is 5.75 Å². The lowest BCUT2D eigenvalue weighted by Crippen LogP contribution is -2.05. The number of carboxylic acids is 1. The van der Waals surface area contributed by atoms with Gasteiger partial charge in [-0.2, -0.15) is 0 Å². The molecule has 0 heterocycles. The van der Waals surface area contributed by atoms with E-state index in [4.69, 9.17) is 27.9 Å². The minimum Gasteiger partial charge on any atom is -0.478 e. The summed E-state index contributed by atoms with van der Waals surface area (Å²) in [4.78, 5) is 20.7. The number of rotatable bonds is 4. The Bertz CT molecular complexity index is 520. The number of non-ortho nitro benzene ring substituents is 1. The van der Waals surface area contributed by atoms with Gasteiger partial charge in [-0.3, -0.25) is 10.1 Å². The Morgan fingerprint density at radius 1 is 1.65 bits per heavy atom. The third-order valence-electron chi connectivity index (χ3n) is 1.77. The maximum Gasteiger partial charge on any atom is 0.339 e. The zero-order valence-corrected chi connectivity index (χ0v) is 9.10. The Balaban J connectivity index is 3.34. The summed E-state index contributed by atoms with van der Waals surface area (Å²) in [6, 6.07) is 1.86. The van der Waals surface area contributed by atoms with Crippen LogP contribution in [0, 0.1) is 22.5 Å². The number of hydrogen-bond donors (Lipinski definition) is 1. The van der Waals surface area contributed by atoms with E-state index in [1.807, 2.05) is 0 Å². The number of benzene rings is 1. The fourth-order valence-corrected chi connectivity index (χ4v) is 1.37. The molecule has 0 aliphatic carbocycles. The highest BCUT2D eigenvalue weighted by Crippen LogP contribution is 2.33. The van der Waals surface area contributed by atoms with Crippen molar-refractivity contribution in [3.05, 3.63) is 32.8 Å². The van der Waals surface area contributed by atoms with Crippen molar-refractivity contribution in [1.29, 1.82) is 0 Å². The Hall–Kier alpha value is -2.26. The van der Waals surface area contributed by atoms with Gasteiger partial charge >= 0.3 is 5.97 Å².